The van der Waals surface area contributed by atoms with Crippen LogP contribution in [-0.4, -0.2) is 36.7 Å². The van der Waals surface area contributed by atoms with Crippen LogP contribution in [0.25, 0.3) is 0 Å². The van der Waals surface area contributed by atoms with E-state index in [4.69, 9.17) is 4.74 Å². The fourth-order valence-electron chi connectivity index (χ4n) is 2.04. The number of piperazine rings is 1. The molecular weight excluding hydrogens is 216 g/mol. The SMILES string of the molecule is CC(=O)OC1CN(Cc2ccccc2)CCN1. The predicted octanol–water partition coefficient (Wildman–Crippen LogP) is 0.981. The van der Waals surface area contributed by atoms with Crippen LogP contribution in [0.15, 0.2) is 30.3 Å². The van der Waals surface area contributed by atoms with Gasteiger partial charge < -0.3 is 4.74 Å². The second kappa shape index (κ2) is 5.80. The summed E-state index contributed by atoms with van der Waals surface area (Å²) in [4.78, 5) is 13.2. The summed E-state index contributed by atoms with van der Waals surface area (Å²) in [5.74, 6) is -0.232. The first-order chi connectivity index (χ1) is 8.24. The van der Waals surface area contributed by atoms with E-state index in [0.29, 0.717) is 0 Å². The highest BCUT2D eigenvalue weighted by atomic mass is 16.6. The summed E-state index contributed by atoms with van der Waals surface area (Å²) in [6, 6.07) is 10.3. The average Bonchev–Trinajstić information content (AvgIpc) is 2.30. The van der Waals surface area contributed by atoms with Crippen LogP contribution in [-0.2, 0) is 16.1 Å². The zero-order chi connectivity index (χ0) is 12.1. The highest BCUT2D eigenvalue weighted by molar-refractivity contribution is 5.66. The summed E-state index contributed by atoms with van der Waals surface area (Å²) in [6.45, 7) is 4.92. The van der Waals surface area contributed by atoms with Crippen LogP contribution < -0.4 is 5.32 Å². The Labute approximate surface area is 102 Å². The molecule has 0 aromatic heterocycles. The van der Waals surface area contributed by atoms with Gasteiger partial charge in [-0.3, -0.25) is 15.0 Å². The van der Waals surface area contributed by atoms with Crippen molar-refractivity contribution in [3.63, 3.8) is 0 Å². The van der Waals surface area contributed by atoms with Gasteiger partial charge in [0.15, 0.2) is 6.23 Å². The maximum absolute atomic E-state index is 10.9. The van der Waals surface area contributed by atoms with Crippen LogP contribution in [0, 0.1) is 0 Å². The minimum absolute atomic E-state index is 0.176. The van der Waals surface area contributed by atoms with Gasteiger partial charge >= 0.3 is 5.97 Å². The summed E-state index contributed by atoms with van der Waals surface area (Å²) in [7, 11) is 0. The van der Waals surface area contributed by atoms with Crippen LogP contribution in [0.1, 0.15) is 12.5 Å². The molecule has 1 atom stereocenters. The van der Waals surface area contributed by atoms with E-state index in [1.807, 2.05) is 18.2 Å². The Morgan fingerprint density at radius 3 is 2.94 bits per heavy atom. The Kier molecular flexibility index (Phi) is 4.12. The highest BCUT2D eigenvalue weighted by Gasteiger charge is 2.21. The van der Waals surface area contributed by atoms with Crippen molar-refractivity contribution in [1.29, 1.82) is 0 Å². The monoisotopic (exact) mass is 234 g/mol. The number of benzene rings is 1. The first-order valence-corrected chi connectivity index (χ1v) is 5.91. The molecule has 1 N–H and O–H groups in total. The molecule has 1 aliphatic heterocycles. The lowest BCUT2D eigenvalue weighted by Crippen LogP contribution is -2.51. The minimum Gasteiger partial charge on any atom is -0.445 e. The topological polar surface area (TPSA) is 41.6 Å². The van der Waals surface area contributed by atoms with E-state index in [0.717, 1.165) is 26.2 Å². The molecule has 1 heterocycles. The zero-order valence-electron chi connectivity index (χ0n) is 10.1. The lowest BCUT2D eigenvalue weighted by molar-refractivity contribution is -0.150. The van der Waals surface area contributed by atoms with E-state index in [-0.39, 0.29) is 12.2 Å². The fourth-order valence-corrected chi connectivity index (χ4v) is 2.04. The van der Waals surface area contributed by atoms with Crippen molar-refractivity contribution >= 4 is 5.97 Å². The zero-order valence-corrected chi connectivity index (χ0v) is 10.1. The number of hydrogen-bond donors (Lipinski definition) is 1. The molecule has 4 nitrogen and oxygen atoms in total. The molecule has 0 bridgehead atoms. The van der Waals surface area contributed by atoms with E-state index >= 15 is 0 Å². The molecule has 92 valence electrons. The van der Waals surface area contributed by atoms with Crippen molar-refractivity contribution in [2.75, 3.05) is 19.6 Å². The van der Waals surface area contributed by atoms with Gasteiger partial charge in [-0.2, -0.15) is 0 Å². The van der Waals surface area contributed by atoms with Crippen LogP contribution in [0.5, 0.6) is 0 Å². The van der Waals surface area contributed by atoms with Crippen LogP contribution in [0.3, 0.4) is 0 Å². The van der Waals surface area contributed by atoms with E-state index in [1.165, 1.54) is 12.5 Å². The Morgan fingerprint density at radius 2 is 2.24 bits per heavy atom. The number of rotatable bonds is 3. The first kappa shape index (κ1) is 12.1. The van der Waals surface area contributed by atoms with Gasteiger partial charge in [0, 0.05) is 33.1 Å². The van der Waals surface area contributed by atoms with E-state index in [9.17, 15) is 4.79 Å². The van der Waals surface area contributed by atoms with Crippen LogP contribution in [0.4, 0.5) is 0 Å². The third-order valence-corrected chi connectivity index (χ3v) is 2.78. The lowest BCUT2D eigenvalue weighted by Gasteiger charge is -2.32. The predicted molar refractivity (Wildman–Crippen MR) is 65.3 cm³/mol. The largest absolute Gasteiger partial charge is 0.445 e. The van der Waals surface area contributed by atoms with Crippen molar-refractivity contribution in [3.05, 3.63) is 35.9 Å². The quantitative estimate of drug-likeness (QED) is 0.792. The smallest absolute Gasteiger partial charge is 0.304 e. The molecule has 1 aliphatic rings. The van der Waals surface area contributed by atoms with Crippen molar-refractivity contribution in [2.24, 2.45) is 0 Å². The number of ether oxygens (including phenoxy) is 1. The van der Waals surface area contributed by atoms with Crippen molar-refractivity contribution < 1.29 is 9.53 Å². The van der Waals surface area contributed by atoms with Gasteiger partial charge in [0.05, 0.1) is 0 Å². The van der Waals surface area contributed by atoms with Gasteiger partial charge in [0.1, 0.15) is 0 Å². The average molecular weight is 234 g/mol. The molecule has 0 amide bonds. The number of nitrogens with zero attached hydrogens (tertiary/aromatic N) is 1. The summed E-state index contributed by atoms with van der Waals surface area (Å²) in [5.41, 5.74) is 1.29. The number of nitrogens with one attached hydrogen (secondary N) is 1. The lowest BCUT2D eigenvalue weighted by atomic mass is 10.2. The summed E-state index contributed by atoms with van der Waals surface area (Å²) in [6.07, 6.45) is -0.176. The van der Waals surface area contributed by atoms with Crippen molar-refractivity contribution in [1.82, 2.24) is 10.2 Å². The Morgan fingerprint density at radius 1 is 1.47 bits per heavy atom. The van der Waals surface area contributed by atoms with E-state index in [2.05, 4.69) is 22.3 Å². The maximum atomic E-state index is 10.9. The van der Waals surface area contributed by atoms with Gasteiger partial charge in [-0.15, -0.1) is 0 Å². The molecule has 4 heteroatoms. The molecule has 17 heavy (non-hydrogen) atoms. The first-order valence-electron chi connectivity index (χ1n) is 5.91. The van der Waals surface area contributed by atoms with Gasteiger partial charge in [0.2, 0.25) is 0 Å². The molecule has 1 saturated heterocycles. The molecule has 0 saturated carbocycles. The van der Waals surface area contributed by atoms with Crippen LogP contribution >= 0.6 is 0 Å². The Hall–Kier alpha value is -1.39. The highest BCUT2D eigenvalue weighted by Crippen LogP contribution is 2.08. The van der Waals surface area contributed by atoms with Gasteiger partial charge in [-0.1, -0.05) is 30.3 Å². The second-order valence-corrected chi connectivity index (χ2v) is 4.27. The summed E-state index contributed by atoms with van der Waals surface area (Å²) >= 11 is 0. The van der Waals surface area contributed by atoms with Gasteiger partial charge in [0.25, 0.3) is 0 Å². The third kappa shape index (κ3) is 3.84. The van der Waals surface area contributed by atoms with Gasteiger partial charge in [-0.25, -0.2) is 0 Å². The fraction of sp³-hybridized carbons (Fsp3) is 0.462. The molecular formula is C13H18N2O2. The molecule has 1 aromatic rings. The molecule has 0 spiro atoms. The third-order valence-electron chi connectivity index (χ3n) is 2.78. The molecule has 0 radical (unpaired) electrons. The normalized spacial score (nSPS) is 21.1. The Balaban J connectivity index is 1.87. The minimum atomic E-state index is -0.232. The summed E-state index contributed by atoms with van der Waals surface area (Å²) in [5, 5.41) is 3.18. The number of carbonyl (C=O) groups excluding carboxylic acids is 1. The molecule has 1 aromatic carbocycles. The van der Waals surface area contributed by atoms with Gasteiger partial charge in [-0.05, 0) is 5.56 Å². The number of esters is 1. The molecule has 0 aliphatic carbocycles. The number of carbonyl (C=O) groups is 1. The molecule has 2 rings (SSSR count). The number of hydrogen-bond acceptors (Lipinski definition) is 4. The Bertz CT molecular complexity index is 367. The molecule has 1 fully saturated rings. The maximum Gasteiger partial charge on any atom is 0.304 e. The van der Waals surface area contributed by atoms with E-state index < -0.39 is 0 Å². The van der Waals surface area contributed by atoms with Crippen LogP contribution in [0.2, 0.25) is 0 Å². The van der Waals surface area contributed by atoms with Crippen molar-refractivity contribution in [2.45, 2.75) is 19.7 Å². The molecule has 1 unspecified atom stereocenters. The standard InChI is InChI=1S/C13H18N2O2/c1-11(16)17-13-10-15(8-7-14-13)9-12-5-3-2-4-6-12/h2-6,13-14H,7-10H2,1H3. The van der Waals surface area contributed by atoms with E-state index in [1.54, 1.807) is 0 Å². The van der Waals surface area contributed by atoms with Crippen molar-refractivity contribution in [3.8, 4) is 0 Å². The summed E-state index contributed by atoms with van der Waals surface area (Å²) < 4.78 is 5.17. The second-order valence-electron chi connectivity index (χ2n) is 4.27.